The molecule has 1 heterocycles. The summed E-state index contributed by atoms with van der Waals surface area (Å²) < 4.78 is 1.19. The Morgan fingerprint density at radius 2 is 1.71 bits per heavy atom. The summed E-state index contributed by atoms with van der Waals surface area (Å²) in [5.41, 5.74) is 1.63. The Kier molecular flexibility index (Phi) is 7.28. The van der Waals surface area contributed by atoms with Gasteiger partial charge in [-0.3, -0.25) is 4.79 Å². The number of amides is 2. The van der Waals surface area contributed by atoms with E-state index in [1.165, 1.54) is 4.40 Å². The van der Waals surface area contributed by atoms with Gasteiger partial charge in [0, 0.05) is 5.56 Å². The molecule has 0 aliphatic carbocycles. The van der Waals surface area contributed by atoms with Gasteiger partial charge in [-0.25, -0.2) is 0 Å². The van der Waals surface area contributed by atoms with Gasteiger partial charge >= 0.3 is 123 Å². The zero-order valence-electron chi connectivity index (χ0n) is 16.2. The van der Waals surface area contributed by atoms with Crippen LogP contribution in [0.1, 0.15) is 29.6 Å². The van der Waals surface area contributed by atoms with E-state index >= 15 is 0 Å². The van der Waals surface area contributed by atoms with Gasteiger partial charge in [-0.2, -0.15) is 0 Å². The van der Waals surface area contributed by atoms with Crippen molar-refractivity contribution in [1.29, 1.82) is 0 Å². The van der Waals surface area contributed by atoms with Crippen LogP contribution >= 0.6 is 0 Å². The molecule has 2 amide bonds. The zero-order valence-corrected chi connectivity index (χ0v) is 18.3. The first-order chi connectivity index (χ1) is 13.5. The average molecular weight is 437 g/mol. The van der Waals surface area contributed by atoms with Gasteiger partial charge in [0.1, 0.15) is 0 Å². The van der Waals surface area contributed by atoms with E-state index < -0.39 is 0 Å². The number of piperidine rings is 1. The minimum absolute atomic E-state index is 0.00560. The van der Waals surface area contributed by atoms with Crippen LogP contribution in [0.5, 0.6) is 0 Å². The van der Waals surface area contributed by atoms with Crippen LogP contribution in [0.2, 0.25) is 0 Å². The molecule has 0 unspecified atom stereocenters. The standard InChI is InChI=1S/C22H26GeN3O2/c1-25(20-9-7-18(23)8-10-20)21(27)13-16-26-14-11-19(12-15-26)24-22(28)17-5-3-2-4-6-17/h2-10,19H,11-16H2,1H3,(H,24,28). The number of carbonyl (C=O) groups is 2. The second-order valence-electron chi connectivity index (χ2n) is 7.21. The van der Waals surface area contributed by atoms with E-state index in [9.17, 15) is 9.59 Å². The summed E-state index contributed by atoms with van der Waals surface area (Å²) in [6, 6.07) is 17.5. The number of rotatable bonds is 6. The molecule has 145 valence electrons. The Hall–Kier alpha value is -2.12. The van der Waals surface area contributed by atoms with Gasteiger partial charge in [-0.05, 0) is 12.1 Å². The topological polar surface area (TPSA) is 52.7 Å². The molecule has 1 aliphatic heterocycles. The summed E-state index contributed by atoms with van der Waals surface area (Å²) in [6.45, 7) is 2.57. The molecule has 0 spiro atoms. The van der Waals surface area contributed by atoms with Crippen LogP contribution in [0.3, 0.4) is 0 Å². The van der Waals surface area contributed by atoms with E-state index in [-0.39, 0.29) is 17.9 Å². The quantitative estimate of drug-likeness (QED) is 0.701. The molecule has 1 N–H and O–H groups in total. The van der Waals surface area contributed by atoms with E-state index in [0.29, 0.717) is 12.0 Å². The van der Waals surface area contributed by atoms with Crippen LogP contribution in [0.4, 0.5) is 5.69 Å². The summed E-state index contributed by atoms with van der Waals surface area (Å²) in [5, 5.41) is 3.12. The second-order valence-corrected chi connectivity index (χ2v) is 8.42. The fourth-order valence-electron chi connectivity index (χ4n) is 3.41. The Bertz CT molecular complexity index is 787. The Labute approximate surface area is 175 Å². The first kappa shape index (κ1) is 20.6. The molecule has 1 saturated heterocycles. The fraction of sp³-hybridized carbons (Fsp3) is 0.364. The average Bonchev–Trinajstić information content (AvgIpc) is 2.73. The van der Waals surface area contributed by atoms with Crippen LogP contribution in [0.15, 0.2) is 54.6 Å². The van der Waals surface area contributed by atoms with Crippen LogP contribution < -0.4 is 14.6 Å². The van der Waals surface area contributed by atoms with E-state index in [4.69, 9.17) is 0 Å². The van der Waals surface area contributed by atoms with Gasteiger partial charge in [-0.15, -0.1) is 0 Å². The summed E-state index contributed by atoms with van der Waals surface area (Å²) in [4.78, 5) is 28.8. The van der Waals surface area contributed by atoms with Crippen LogP contribution in [0.25, 0.3) is 0 Å². The van der Waals surface area contributed by atoms with E-state index in [0.717, 1.165) is 38.2 Å². The third kappa shape index (κ3) is 5.69. The van der Waals surface area contributed by atoms with E-state index in [1.807, 2.05) is 78.2 Å². The number of carbonyl (C=O) groups excluding carboxylic acids is 2. The summed E-state index contributed by atoms with van der Waals surface area (Å²) >= 11 is 2.04. The molecule has 0 atom stereocenters. The monoisotopic (exact) mass is 438 g/mol. The zero-order chi connectivity index (χ0) is 19.9. The predicted molar refractivity (Wildman–Crippen MR) is 113 cm³/mol. The van der Waals surface area contributed by atoms with Gasteiger partial charge in [0.2, 0.25) is 0 Å². The molecular formula is C22H26GeN3O2. The van der Waals surface area contributed by atoms with Crippen LogP contribution in [0, 0.1) is 0 Å². The fourth-order valence-corrected chi connectivity index (χ4v) is 3.76. The number of nitrogens with one attached hydrogen (secondary N) is 1. The number of hydrogen-bond acceptors (Lipinski definition) is 3. The molecule has 1 fully saturated rings. The first-order valence-corrected chi connectivity index (χ1v) is 10.7. The minimum atomic E-state index is -0.00560. The number of hydrogen-bond donors (Lipinski definition) is 1. The second kappa shape index (κ2) is 9.89. The molecule has 0 saturated carbocycles. The normalized spacial score (nSPS) is 15.2. The van der Waals surface area contributed by atoms with Crippen LogP contribution in [-0.2, 0) is 4.79 Å². The Morgan fingerprint density at radius 3 is 2.36 bits per heavy atom. The summed E-state index contributed by atoms with van der Waals surface area (Å²) in [7, 11) is 1.83. The van der Waals surface area contributed by atoms with Crippen molar-refractivity contribution in [3.05, 3.63) is 60.2 Å². The summed E-state index contributed by atoms with van der Waals surface area (Å²) in [5.74, 6) is 0.123. The third-order valence-electron chi connectivity index (χ3n) is 5.23. The van der Waals surface area contributed by atoms with E-state index in [2.05, 4.69) is 10.2 Å². The molecule has 2 aromatic rings. The molecule has 2 aromatic carbocycles. The van der Waals surface area contributed by atoms with E-state index in [1.54, 1.807) is 4.90 Å². The van der Waals surface area contributed by atoms with Gasteiger partial charge in [-0.1, -0.05) is 18.2 Å². The number of anilines is 1. The van der Waals surface area contributed by atoms with Gasteiger partial charge in [0.05, 0.1) is 0 Å². The van der Waals surface area contributed by atoms with Gasteiger partial charge in [0.15, 0.2) is 0 Å². The molecule has 28 heavy (non-hydrogen) atoms. The first-order valence-electron chi connectivity index (χ1n) is 9.69. The summed E-state index contributed by atoms with van der Waals surface area (Å²) in [6.07, 6.45) is 2.34. The molecule has 0 bridgehead atoms. The van der Waals surface area contributed by atoms with Crippen molar-refractivity contribution in [2.24, 2.45) is 0 Å². The third-order valence-corrected chi connectivity index (χ3v) is 5.93. The molecule has 6 heteroatoms. The van der Waals surface area contributed by atoms with Crippen molar-refractivity contribution >= 4 is 38.4 Å². The maximum atomic E-state index is 12.5. The molecule has 1 aliphatic rings. The molecule has 5 nitrogen and oxygen atoms in total. The molecule has 3 radical (unpaired) electrons. The molecule has 3 rings (SSSR count). The Balaban J connectivity index is 1.40. The van der Waals surface area contributed by atoms with Crippen molar-refractivity contribution < 1.29 is 9.59 Å². The number of nitrogens with zero attached hydrogens (tertiary/aromatic N) is 2. The van der Waals surface area contributed by atoms with Gasteiger partial charge < -0.3 is 5.32 Å². The molecular weight excluding hydrogens is 411 g/mol. The number of likely N-dealkylation sites (tertiary alicyclic amines) is 1. The number of benzene rings is 2. The predicted octanol–water partition coefficient (Wildman–Crippen LogP) is 1.73. The van der Waals surface area contributed by atoms with Crippen molar-refractivity contribution in [2.75, 3.05) is 31.6 Å². The molecule has 0 aromatic heterocycles. The van der Waals surface area contributed by atoms with Crippen molar-refractivity contribution in [3.63, 3.8) is 0 Å². The van der Waals surface area contributed by atoms with Crippen molar-refractivity contribution in [1.82, 2.24) is 10.2 Å². The SMILES string of the molecule is CN(C(=O)CCN1CCC(NC(=O)c2ccccc2)CC1)c1cc[c]([Ge])cc1. The van der Waals surface area contributed by atoms with Crippen molar-refractivity contribution in [3.8, 4) is 0 Å². The van der Waals surface area contributed by atoms with Gasteiger partial charge in [0.25, 0.3) is 5.91 Å². The van der Waals surface area contributed by atoms with Crippen LogP contribution in [-0.4, -0.2) is 66.0 Å². The van der Waals surface area contributed by atoms with Crippen molar-refractivity contribution in [2.45, 2.75) is 25.3 Å². The Morgan fingerprint density at radius 1 is 1.07 bits per heavy atom. The maximum absolute atomic E-state index is 12.5.